The van der Waals surface area contributed by atoms with Crippen molar-refractivity contribution >= 4 is 29.0 Å². The number of rotatable bonds is 5. The van der Waals surface area contributed by atoms with Crippen molar-refractivity contribution in [2.24, 2.45) is 0 Å². The van der Waals surface area contributed by atoms with Crippen LogP contribution in [-0.2, 0) is 4.79 Å². The summed E-state index contributed by atoms with van der Waals surface area (Å²) in [7, 11) is 0. The Bertz CT molecular complexity index is 540. The van der Waals surface area contributed by atoms with Gasteiger partial charge in [0, 0.05) is 17.6 Å². The van der Waals surface area contributed by atoms with Crippen LogP contribution in [0.4, 0.5) is 5.69 Å². The first-order chi connectivity index (χ1) is 9.16. The first-order valence-electron chi connectivity index (χ1n) is 6.56. The second kappa shape index (κ2) is 4.94. The average Bonchev–Trinajstić information content (AvgIpc) is 3.18. The summed E-state index contributed by atoms with van der Waals surface area (Å²) in [6.45, 7) is 1.43. The molecule has 100 valence electrons. The highest BCUT2D eigenvalue weighted by Gasteiger charge is 2.35. The number of fused-ring (bicyclic) bond motifs is 1. The molecule has 1 amide bonds. The summed E-state index contributed by atoms with van der Waals surface area (Å²) in [6.07, 6.45) is 3.33. The molecule has 1 aromatic rings. The van der Waals surface area contributed by atoms with Crippen molar-refractivity contribution in [2.75, 3.05) is 18.0 Å². The highest BCUT2D eigenvalue weighted by Crippen LogP contribution is 2.31. The van der Waals surface area contributed by atoms with Crippen LogP contribution in [0.1, 0.15) is 29.6 Å². The molecule has 1 saturated carbocycles. The summed E-state index contributed by atoms with van der Waals surface area (Å²) < 4.78 is 0. The predicted octanol–water partition coefficient (Wildman–Crippen LogP) is 2.01. The molecule has 0 saturated heterocycles. The summed E-state index contributed by atoms with van der Waals surface area (Å²) >= 11 is 5.93. The lowest BCUT2D eigenvalue weighted by molar-refractivity contribution is -0.114. The zero-order chi connectivity index (χ0) is 13.4. The molecule has 2 aliphatic rings. The molecule has 0 spiro atoms. The van der Waals surface area contributed by atoms with Crippen LogP contribution >= 0.6 is 11.6 Å². The topological polar surface area (TPSA) is 49.4 Å². The maximum atomic E-state index is 11.9. The fourth-order valence-corrected chi connectivity index (χ4v) is 2.49. The molecule has 1 heterocycles. The van der Waals surface area contributed by atoms with Gasteiger partial charge in [-0.15, -0.1) is 0 Å². The largest absolute Gasteiger partial charge is 0.314 e. The minimum absolute atomic E-state index is 0.429. The van der Waals surface area contributed by atoms with Crippen LogP contribution in [0.25, 0.3) is 0 Å². The molecule has 1 aliphatic heterocycles. The molecule has 4 nitrogen and oxygen atoms in total. The summed E-state index contributed by atoms with van der Waals surface area (Å²) in [5.74, 6) is -0.870. The van der Waals surface area contributed by atoms with Crippen LogP contribution in [-0.4, -0.2) is 30.8 Å². The van der Waals surface area contributed by atoms with E-state index >= 15 is 0 Å². The van der Waals surface area contributed by atoms with Gasteiger partial charge in [0.05, 0.1) is 11.3 Å². The maximum absolute atomic E-state index is 11.9. The van der Waals surface area contributed by atoms with Crippen LogP contribution in [0, 0.1) is 0 Å². The third-order valence-electron chi connectivity index (χ3n) is 3.50. The number of Topliss-reactive ketones (excluding diaryl/α,β-unsaturated/α-hetero) is 1. The standard InChI is InChI=1S/C14H15ClN2O2/c15-9-2-5-11-12(8-9)17(14(19)13(11)18)7-1-6-16-10-3-4-10/h2,5,8,10,16H,1,3-4,6-7H2. The van der Waals surface area contributed by atoms with Crippen LogP contribution in [0.2, 0.25) is 5.02 Å². The van der Waals surface area contributed by atoms with Gasteiger partial charge >= 0.3 is 0 Å². The Morgan fingerprint density at radius 2 is 2.11 bits per heavy atom. The van der Waals surface area contributed by atoms with E-state index in [1.165, 1.54) is 17.7 Å². The van der Waals surface area contributed by atoms with Gasteiger partial charge < -0.3 is 10.2 Å². The second-order valence-electron chi connectivity index (χ2n) is 5.03. The van der Waals surface area contributed by atoms with Crippen molar-refractivity contribution in [3.05, 3.63) is 28.8 Å². The number of nitrogens with one attached hydrogen (secondary N) is 1. The van der Waals surface area contributed by atoms with Gasteiger partial charge in [0.2, 0.25) is 0 Å². The number of hydrogen-bond acceptors (Lipinski definition) is 3. The Balaban J connectivity index is 1.68. The number of amides is 1. The van der Waals surface area contributed by atoms with Crippen molar-refractivity contribution < 1.29 is 9.59 Å². The molecule has 1 aliphatic carbocycles. The third-order valence-corrected chi connectivity index (χ3v) is 3.74. The Morgan fingerprint density at radius 1 is 1.32 bits per heavy atom. The average molecular weight is 279 g/mol. The third kappa shape index (κ3) is 2.51. The number of hydrogen-bond donors (Lipinski definition) is 1. The molecule has 3 rings (SSSR count). The van der Waals surface area contributed by atoms with Crippen LogP contribution in [0.15, 0.2) is 18.2 Å². The molecular weight excluding hydrogens is 264 g/mol. The predicted molar refractivity (Wildman–Crippen MR) is 73.8 cm³/mol. The van der Waals surface area contributed by atoms with Crippen molar-refractivity contribution in [3.63, 3.8) is 0 Å². The van der Waals surface area contributed by atoms with Gasteiger partial charge in [0.25, 0.3) is 11.7 Å². The highest BCUT2D eigenvalue weighted by molar-refractivity contribution is 6.52. The van der Waals surface area contributed by atoms with Gasteiger partial charge in [-0.05, 0) is 44.0 Å². The van der Waals surface area contributed by atoms with Crippen molar-refractivity contribution in [1.82, 2.24) is 5.32 Å². The molecule has 0 atom stereocenters. The van der Waals surface area contributed by atoms with Gasteiger partial charge in [-0.1, -0.05) is 11.6 Å². The molecular formula is C14H15ClN2O2. The van der Waals surface area contributed by atoms with Gasteiger partial charge in [-0.3, -0.25) is 9.59 Å². The number of carbonyl (C=O) groups excluding carboxylic acids is 2. The lowest BCUT2D eigenvalue weighted by atomic mass is 10.1. The van der Waals surface area contributed by atoms with Gasteiger partial charge in [0.15, 0.2) is 0 Å². The molecule has 0 aromatic heterocycles. The van der Waals surface area contributed by atoms with E-state index in [1.54, 1.807) is 18.2 Å². The fraction of sp³-hybridized carbons (Fsp3) is 0.429. The fourth-order valence-electron chi connectivity index (χ4n) is 2.32. The molecule has 1 N–H and O–H groups in total. The van der Waals surface area contributed by atoms with Crippen molar-refractivity contribution in [2.45, 2.75) is 25.3 Å². The smallest absolute Gasteiger partial charge is 0.299 e. The Morgan fingerprint density at radius 3 is 2.84 bits per heavy atom. The number of anilines is 1. The van der Waals surface area contributed by atoms with Crippen LogP contribution < -0.4 is 10.2 Å². The van der Waals surface area contributed by atoms with E-state index in [4.69, 9.17) is 11.6 Å². The molecule has 0 bridgehead atoms. The lowest BCUT2D eigenvalue weighted by Gasteiger charge is -2.16. The summed E-state index contributed by atoms with van der Waals surface area (Å²) in [5, 5.41) is 3.94. The van der Waals surface area contributed by atoms with Crippen LogP contribution in [0.5, 0.6) is 0 Å². The van der Waals surface area contributed by atoms with E-state index in [0.717, 1.165) is 13.0 Å². The van der Waals surface area contributed by atoms with Crippen molar-refractivity contribution in [3.8, 4) is 0 Å². The summed E-state index contributed by atoms with van der Waals surface area (Å²) in [5.41, 5.74) is 1.11. The zero-order valence-electron chi connectivity index (χ0n) is 10.5. The monoisotopic (exact) mass is 278 g/mol. The van der Waals surface area contributed by atoms with Gasteiger partial charge in [-0.25, -0.2) is 0 Å². The van der Waals surface area contributed by atoms with Gasteiger partial charge in [-0.2, -0.15) is 0 Å². The Kier molecular flexibility index (Phi) is 3.29. The SMILES string of the molecule is O=C1C(=O)N(CCCNC2CC2)c2cc(Cl)ccc21. The maximum Gasteiger partial charge on any atom is 0.299 e. The minimum atomic E-state index is -0.441. The molecule has 0 unspecified atom stereocenters. The van der Waals surface area contributed by atoms with Crippen molar-refractivity contribution in [1.29, 1.82) is 0 Å². The van der Waals surface area contributed by atoms with E-state index in [-0.39, 0.29) is 0 Å². The van der Waals surface area contributed by atoms with E-state index in [0.29, 0.717) is 28.9 Å². The quantitative estimate of drug-likeness (QED) is 0.662. The first-order valence-corrected chi connectivity index (χ1v) is 6.94. The molecule has 5 heteroatoms. The van der Waals surface area contributed by atoms with Crippen LogP contribution in [0.3, 0.4) is 0 Å². The van der Waals surface area contributed by atoms with E-state index in [9.17, 15) is 9.59 Å². The number of nitrogens with zero attached hydrogens (tertiary/aromatic N) is 1. The number of halogens is 1. The lowest BCUT2D eigenvalue weighted by Crippen LogP contribution is -2.32. The Hall–Kier alpha value is -1.39. The summed E-state index contributed by atoms with van der Waals surface area (Å²) in [6, 6.07) is 5.62. The molecule has 1 aromatic carbocycles. The molecule has 1 fully saturated rings. The summed E-state index contributed by atoms with van der Waals surface area (Å²) in [4.78, 5) is 25.3. The minimum Gasteiger partial charge on any atom is -0.314 e. The number of benzene rings is 1. The van der Waals surface area contributed by atoms with E-state index in [1.807, 2.05) is 0 Å². The Labute approximate surface area is 116 Å². The van der Waals surface area contributed by atoms with E-state index < -0.39 is 11.7 Å². The van der Waals surface area contributed by atoms with Gasteiger partial charge in [0.1, 0.15) is 0 Å². The molecule has 19 heavy (non-hydrogen) atoms. The normalized spacial score (nSPS) is 18.1. The highest BCUT2D eigenvalue weighted by atomic mass is 35.5. The van der Waals surface area contributed by atoms with E-state index in [2.05, 4.69) is 5.32 Å². The zero-order valence-corrected chi connectivity index (χ0v) is 11.2. The number of ketones is 1. The first kappa shape index (κ1) is 12.6. The number of carbonyl (C=O) groups is 2. The molecule has 0 radical (unpaired) electrons. The second-order valence-corrected chi connectivity index (χ2v) is 5.47.